The van der Waals surface area contributed by atoms with Crippen LogP contribution in [-0.2, 0) is 10.0 Å². The minimum atomic E-state index is -3.76. The molecule has 3 rings (SSSR count). The summed E-state index contributed by atoms with van der Waals surface area (Å²) in [6.45, 7) is 4.21. The molecule has 0 aliphatic carbocycles. The maximum Gasteiger partial charge on any atom is 0.246 e. The lowest BCUT2D eigenvalue weighted by atomic mass is 10.2. The largest absolute Gasteiger partial charge is 0.315 e. The fourth-order valence-electron chi connectivity index (χ4n) is 3.08. The van der Waals surface area contributed by atoms with Gasteiger partial charge < -0.3 is 5.32 Å². The third kappa shape index (κ3) is 4.05. The average Bonchev–Trinajstić information content (AvgIpc) is 3.01. The first-order valence-electron chi connectivity index (χ1n) is 7.38. The Morgan fingerprint density at radius 1 is 1.22 bits per heavy atom. The molecule has 0 bridgehead atoms. The van der Waals surface area contributed by atoms with E-state index in [1.807, 2.05) is 0 Å². The topological polar surface area (TPSA) is 52.7 Å². The molecule has 0 spiro atoms. The van der Waals surface area contributed by atoms with Crippen LogP contribution in [0.3, 0.4) is 0 Å². The molecule has 0 aromatic heterocycles. The highest BCUT2D eigenvalue weighted by atomic mass is 79.9. The summed E-state index contributed by atoms with van der Waals surface area (Å²) in [6.07, 6.45) is 1.11. The SMILES string of the molecule is Cl.O=S(=O)(c1ccc(Br)cc1F)N1CCN(C2CCNC2)CC1. The summed E-state index contributed by atoms with van der Waals surface area (Å²) >= 11 is 3.14. The molecule has 2 aliphatic heterocycles. The van der Waals surface area contributed by atoms with E-state index in [2.05, 4.69) is 26.1 Å². The normalized spacial score (nSPS) is 23.7. The van der Waals surface area contributed by atoms with Crippen LogP contribution in [0.15, 0.2) is 27.6 Å². The van der Waals surface area contributed by atoms with Gasteiger partial charge in [-0.25, -0.2) is 12.8 Å². The molecule has 5 nitrogen and oxygen atoms in total. The molecule has 0 radical (unpaired) electrons. The second-order valence-corrected chi connectivity index (χ2v) is 8.48. The van der Waals surface area contributed by atoms with Gasteiger partial charge in [0.25, 0.3) is 0 Å². The third-order valence-corrected chi connectivity index (χ3v) is 6.76. The quantitative estimate of drug-likeness (QED) is 0.796. The lowest BCUT2D eigenvalue weighted by Gasteiger charge is -2.37. The van der Waals surface area contributed by atoms with E-state index in [1.165, 1.54) is 16.4 Å². The second kappa shape index (κ2) is 7.76. The molecule has 2 aliphatic rings. The van der Waals surface area contributed by atoms with E-state index in [9.17, 15) is 12.8 Å². The van der Waals surface area contributed by atoms with E-state index < -0.39 is 15.8 Å². The van der Waals surface area contributed by atoms with Crippen molar-refractivity contribution in [2.75, 3.05) is 39.3 Å². The molecule has 2 saturated heterocycles. The Balaban J connectivity index is 0.00000192. The number of nitrogens with one attached hydrogen (secondary N) is 1. The van der Waals surface area contributed by atoms with E-state index >= 15 is 0 Å². The molecular formula is C14H20BrClFN3O2S. The molecule has 0 saturated carbocycles. The predicted molar refractivity (Wildman–Crippen MR) is 93.0 cm³/mol. The number of sulfonamides is 1. The Hall–Kier alpha value is -0.250. The lowest BCUT2D eigenvalue weighted by Crippen LogP contribution is -2.52. The van der Waals surface area contributed by atoms with E-state index in [4.69, 9.17) is 0 Å². The van der Waals surface area contributed by atoms with Crippen molar-refractivity contribution in [2.45, 2.75) is 17.4 Å². The zero-order valence-corrected chi connectivity index (χ0v) is 15.8. The maximum atomic E-state index is 14.0. The van der Waals surface area contributed by atoms with Gasteiger partial charge in [0.1, 0.15) is 10.7 Å². The van der Waals surface area contributed by atoms with Gasteiger partial charge in [-0.1, -0.05) is 15.9 Å². The van der Waals surface area contributed by atoms with Crippen LogP contribution in [-0.4, -0.2) is 62.9 Å². The first-order chi connectivity index (χ1) is 10.5. The van der Waals surface area contributed by atoms with Crippen LogP contribution in [0.25, 0.3) is 0 Å². The van der Waals surface area contributed by atoms with E-state index in [1.54, 1.807) is 6.07 Å². The molecular weight excluding hydrogens is 409 g/mol. The second-order valence-electron chi connectivity index (χ2n) is 5.66. The van der Waals surface area contributed by atoms with Crippen molar-refractivity contribution in [1.82, 2.24) is 14.5 Å². The van der Waals surface area contributed by atoms with Gasteiger partial charge in [0.05, 0.1) is 0 Å². The molecule has 1 aromatic carbocycles. The van der Waals surface area contributed by atoms with Gasteiger partial charge in [0.15, 0.2) is 0 Å². The third-order valence-electron chi connectivity index (χ3n) is 4.34. The summed E-state index contributed by atoms with van der Waals surface area (Å²) in [7, 11) is -3.76. The number of hydrogen-bond acceptors (Lipinski definition) is 4. The van der Waals surface area contributed by atoms with Crippen LogP contribution in [0.5, 0.6) is 0 Å². The molecule has 0 amide bonds. The molecule has 2 heterocycles. The van der Waals surface area contributed by atoms with Crippen molar-refractivity contribution in [2.24, 2.45) is 0 Å². The smallest absolute Gasteiger partial charge is 0.246 e. The Morgan fingerprint density at radius 2 is 1.91 bits per heavy atom. The predicted octanol–water partition coefficient (Wildman–Crippen LogP) is 1.68. The first-order valence-corrected chi connectivity index (χ1v) is 9.62. The molecule has 23 heavy (non-hydrogen) atoms. The summed E-state index contributed by atoms with van der Waals surface area (Å²) < 4.78 is 41.1. The number of benzene rings is 1. The molecule has 130 valence electrons. The summed E-state index contributed by atoms with van der Waals surface area (Å²) in [5, 5.41) is 3.32. The molecule has 1 aromatic rings. The first kappa shape index (κ1) is 19.1. The standard InChI is InChI=1S/C14H19BrFN3O2S.ClH/c15-11-1-2-14(13(16)9-11)22(20,21)19-7-5-18(6-8-19)12-3-4-17-10-12;/h1-2,9,12,17H,3-8,10H2;1H. The van der Waals surface area contributed by atoms with Crippen LogP contribution in [0.2, 0.25) is 0 Å². The Bertz CT molecular complexity index is 647. The molecule has 9 heteroatoms. The Morgan fingerprint density at radius 3 is 2.48 bits per heavy atom. The van der Waals surface area contributed by atoms with Crippen LogP contribution in [0.4, 0.5) is 4.39 Å². The highest BCUT2D eigenvalue weighted by Gasteiger charge is 2.33. The van der Waals surface area contributed by atoms with Gasteiger partial charge >= 0.3 is 0 Å². The van der Waals surface area contributed by atoms with Gasteiger partial charge in [-0.3, -0.25) is 4.90 Å². The van der Waals surface area contributed by atoms with Crippen LogP contribution in [0, 0.1) is 5.82 Å². The monoisotopic (exact) mass is 427 g/mol. The maximum absolute atomic E-state index is 14.0. The van der Waals surface area contributed by atoms with Gasteiger partial charge in [0.2, 0.25) is 10.0 Å². The minimum absolute atomic E-state index is 0. The van der Waals surface area contributed by atoms with E-state index in [0.717, 1.165) is 19.5 Å². The van der Waals surface area contributed by atoms with E-state index in [-0.39, 0.29) is 17.3 Å². The fourth-order valence-corrected chi connectivity index (χ4v) is 4.88. The van der Waals surface area contributed by atoms with Gasteiger partial charge in [-0.15, -0.1) is 12.4 Å². The van der Waals surface area contributed by atoms with Gasteiger partial charge in [-0.2, -0.15) is 4.31 Å². The number of nitrogens with zero attached hydrogens (tertiary/aromatic N) is 2. The highest BCUT2D eigenvalue weighted by Crippen LogP contribution is 2.24. The fraction of sp³-hybridized carbons (Fsp3) is 0.571. The van der Waals surface area contributed by atoms with Crippen LogP contribution < -0.4 is 5.32 Å². The summed E-state index contributed by atoms with van der Waals surface area (Å²) in [4.78, 5) is 2.08. The zero-order valence-electron chi connectivity index (χ0n) is 12.5. The number of rotatable bonds is 3. The number of piperazine rings is 1. The van der Waals surface area contributed by atoms with Gasteiger partial charge in [0, 0.05) is 43.2 Å². The lowest BCUT2D eigenvalue weighted by molar-refractivity contribution is 0.145. The molecule has 1 unspecified atom stereocenters. The Labute approximate surface area is 150 Å². The number of halogens is 3. The van der Waals surface area contributed by atoms with Crippen molar-refractivity contribution in [1.29, 1.82) is 0 Å². The summed E-state index contributed by atoms with van der Waals surface area (Å²) in [5.41, 5.74) is 0. The van der Waals surface area contributed by atoms with Crippen molar-refractivity contribution in [3.63, 3.8) is 0 Å². The van der Waals surface area contributed by atoms with Gasteiger partial charge in [-0.05, 0) is 31.2 Å². The molecule has 2 fully saturated rings. The van der Waals surface area contributed by atoms with Crippen LogP contribution >= 0.6 is 28.3 Å². The van der Waals surface area contributed by atoms with Crippen molar-refractivity contribution >= 4 is 38.4 Å². The number of hydrogen-bond donors (Lipinski definition) is 1. The molecule has 1 atom stereocenters. The Kier molecular flexibility index (Phi) is 6.43. The minimum Gasteiger partial charge on any atom is -0.315 e. The van der Waals surface area contributed by atoms with Crippen molar-refractivity contribution < 1.29 is 12.8 Å². The highest BCUT2D eigenvalue weighted by molar-refractivity contribution is 9.10. The van der Waals surface area contributed by atoms with E-state index in [0.29, 0.717) is 36.7 Å². The summed E-state index contributed by atoms with van der Waals surface area (Å²) in [6, 6.07) is 4.56. The van der Waals surface area contributed by atoms with Crippen molar-refractivity contribution in [3.05, 3.63) is 28.5 Å². The molecule has 1 N–H and O–H groups in total. The van der Waals surface area contributed by atoms with Crippen molar-refractivity contribution in [3.8, 4) is 0 Å². The summed E-state index contributed by atoms with van der Waals surface area (Å²) in [5.74, 6) is -0.711. The zero-order chi connectivity index (χ0) is 15.7. The van der Waals surface area contributed by atoms with Crippen LogP contribution in [0.1, 0.15) is 6.42 Å². The average molecular weight is 429 g/mol.